The van der Waals surface area contributed by atoms with E-state index >= 15 is 0 Å². The van der Waals surface area contributed by atoms with Crippen LogP contribution in [0.1, 0.15) is 24.1 Å². The highest BCUT2D eigenvalue weighted by molar-refractivity contribution is 5.25. The summed E-state index contributed by atoms with van der Waals surface area (Å²) >= 11 is 0. The van der Waals surface area contributed by atoms with E-state index in [9.17, 15) is 4.39 Å². The van der Waals surface area contributed by atoms with Gasteiger partial charge in [0.05, 0.1) is 0 Å². The van der Waals surface area contributed by atoms with Gasteiger partial charge in [-0.15, -0.1) is 0 Å². The molecule has 0 unspecified atom stereocenters. The standard InChI is InChI=1S/C9H12FN/c1-6-5-8(7(2)11)3-4-9(6)10/h3-5,7H,11H2,1-2H3/t7-/m0/s1. The number of hydrogen-bond acceptors (Lipinski definition) is 1. The molecule has 60 valence electrons. The Morgan fingerprint density at radius 1 is 1.45 bits per heavy atom. The van der Waals surface area contributed by atoms with E-state index in [0.29, 0.717) is 5.56 Å². The first kappa shape index (κ1) is 8.21. The third-order valence-electron chi connectivity index (χ3n) is 1.71. The van der Waals surface area contributed by atoms with Crippen LogP contribution in [0.2, 0.25) is 0 Å². The van der Waals surface area contributed by atoms with Gasteiger partial charge in [0.15, 0.2) is 0 Å². The van der Waals surface area contributed by atoms with Crippen LogP contribution >= 0.6 is 0 Å². The first-order valence-corrected chi connectivity index (χ1v) is 3.63. The smallest absolute Gasteiger partial charge is 0.126 e. The van der Waals surface area contributed by atoms with Crippen LogP contribution < -0.4 is 5.73 Å². The van der Waals surface area contributed by atoms with Crippen molar-refractivity contribution in [2.24, 2.45) is 5.73 Å². The summed E-state index contributed by atoms with van der Waals surface area (Å²) in [6.07, 6.45) is 0. The van der Waals surface area contributed by atoms with Gasteiger partial charge in [0, 0.05) is 6.04 Å². The maximum Gasteiger partial charge on any atom is 0.126 e. The number of benzene rings is 1. The van der Waals surface area contributed by atoms with Crippen LogP contribution in [0.25, 0.3) is 0 Å². The van der Waals surface area contributed by atoms with Gasteiger partial charge in [0.1, 0.15) is 5.82 Å². The van der Waals surface area contributed by atoms with Crippen LogP contribution in [-0.4, -0.2) is 0 Å². The molecule has 1 aromatic carbocycles. The molecular formula is C9H12FN. The van der Waals surface area contributed by atoms with Crippen molar-refractivity contribution in [3.05, 3.63) is 35.1 Å². The summed E-state index contributed by atoms with van der Waals surface area (Å²) in [5.41, 5.74) is 7.24. The lowest BCUT2D eigenvalue weighted by atomic mass is 10.1. The van der Waals surface area contributed by atoms with E-state index in [4.69, 9.17) is 5.73 Å². The van der Waals surface area contributed by atoms with Crippen molar-refractivity contribution in [2.75, 3.05) is 0 Å². The van der Waals surface area contributed by atoms with Gasteiger partial charge in [-0.25, -0.2) is 4.39 Å². The fourth-order valence-corrected chi connectivity index (χ4v) is 0.951. The molecule has 0 aromatic heterocycles. The summed E-state index contributed by atoms with van der Waals surface area (Å²) < 4.78 is 12.7. The Morgan fingerprint density at radius 3 is 2.55 bits per heavy atom. The average Bonchev–Trinajstić information content (AvgIpc) is 1.94. The summed E-state index contributed by atoms with van der Waals surface area (Å²) in [5.74, 6) is -0.172. The van der Waals surface area contributed by atoms with Gasteiger partial charge < -0.3 is 5.73 Å². The first-order chi connectivity index (χ1) is 5.11. The van der Waals surface area contributed by atoms with Crippen molar-refractivity contribution < 1.29 is 4.39 Å². The van der Waals surface area contributed by atoms with E-state index < -0.39 is 0 Å². The minimum Gasteiger partial charge on any atom is -0.324 e. The molecule has 0 amide bonds. The molecule has 11 heavy (non-hydrogen) atoms. The molecule has 1 rings (SSSR count). The molecule has 0 saturated heterocycles. The quantitative estimate of drug-likeness (QED) is 0.657. The van der Waals surface area contributed by atoms with E-state index in [1.54, 1.807) is 19.1 Å². The van der Waals surface area contributed by atoms with Crippen LogP contribution in [0.3, 0.4) is 0 Å². The molecule has 2 N–H and O–H groups in total. The molecule has 0 heterocycles. The fraction of sp³-hybridized carbons (Fsp3) is 0.333. The van der Waals surface area contributed by atoms with Gasteiger partial charge in [-0.05, 0) is 31.0 Å². The molecule has 0 fully saturated rings. The molecule has 1 nitrogen and oxygen atoms in total. The van der Waals surface area contributed by atoms with Crippen molar-refractivity contribution in [1.29, 1.82) is 0 Å². The molecule has 0 bridgehead atoms. The Bertz CT molecular complexity index is 256. The normalized spacial score (nSPS) is 13.1. The highest BCUT2D eigenvalue weighted by Crippen LogP contribution is 2.13. The van der Waals surface area contributed by atoms with E-state index in [-0.39, 0.29) is 11.9 Å². The van der Waals surface area contributed by atoms with E-state index in [1.165, 1.54) is 6.07 Å². The fourth-order valence-electron chi connectivity index (χ4n) is 0.951. The van der Waals surface area contributed by atoms with Crippen LogP contribution in [0, 0.1) is 12.7 Å². The lowest BCUT2D eigenvalue weighted by molar-refractivity contribution is 0.616. The zero-order valence-electron chi connectivity index (χ0n) is 6.76. The molecule has 2 heteroatoms. The van der Waals surface area contributed by atoms with Gasteiger partial charge in [-0.2, -0.15) is 0 Å². The third-order valence-corrected chi connectivity index (χ3v) is 1.71. The number of rotatable bonds is 1. The van der Waals surface area contributed by atoms with Crippen LogP contribution in [0.4, 0.5) is 4.39 Å². The average molecular weight is 153 g/mol. The predicted octanol–water partition coefficient (Wildman–Crippen LogP) is 2.15. The Balaban J connectivity index is 3.05. The highest BCUT2D eigenvalue weighted by Gasteiger charge is 2.01. The number of halogens is 1. The first-order valence-electron chi connectivity index (χ1n) is 3.63. The minimum atomic E-state index is -0.172. The largest absolute Gasteiger partial charge is 0.324 e. The maximum atomic E-state index is 12.7. The second-order valence-electron chi connectivity index (χ2n) is 2.80. The summed E-state index contributed by atoms with van der Waals surface area (Å²) in [6, 6.07) is 4.93. The molecule has 0 radical (unpaired) electrons. The predicted molar refractivity (Wildman–Crippen MR) is 43.7 cm³/mol. The second-order valence-corrected chi connectivity index (χ2v) is 2.80. The number of aryl methyl sites for hydroxylation is 1. The molecular weight excluding hydrogens is 141 g/mol. The Morgan fingerprint density at radius 2 is 2.09 bits per heavy atom. The van der Waals surface area contributed by atoms with Crippen LogP contribution in [0.15, 0.2) is 18.2 Å². The lowest BCUT2D eigenvalue weighted by Crippen LogP contribution is -2.05. The van der Waals surface area contributed by atoms with Crippen molar-refractivity contribution in [1.82, 2.24) is 0 Å². The summed E-state index contributed by atoms with van der Waals surface area (Å²) in [5, 5.41) is 0. The Kier molecular flexibility index (Phi) is 2.25. The van der Waals surface area contributed by atoms with Gasteiger partial charge in [-0.1, -0.05) is 12.1 Å². The Labute approximate surface area is 66.0 Å². The van der Waals surface area contributed by atoms with Crippen LogP contribution in [0.5, 0.6) is 0 Å². The van der Waals surface area contributed by atoms with Gasteiger partial charge in [-0.3, -0.25) is 0 Å². The monoisotopic (exact) mass is 153 g/mol. The van der Waals surface area contributed by atoms with E-state index in [2.05, 4.69) is 0 Å². The zero-order chi connectivity index (χ0) is 8.43. The lowest BCUT2D eigenvalue weighted by Gasteiger charge is -2.05. The van der Waals surface area contributed by atoms with Crippen molar-refractivity contribution in [3.63, 3.8) is 0 Å². The number of nitrogens with two attached hydrogens (primary N) is 1. The topological polar surface area (TPSA) is 26.0 Å². The Hall–Kier alpha value is -0.890. The van der Waals surface area contributed by atoms with Crippen molar-refractivity contribution in [3.8, 4) is 0 Å². The van der Waals surface area contributed by atoms with Crippen LogP contribution in [-0.2, 0) is 0 Å². The third kappa shape index (κ3) is 1.77. The molecule has 0 aliphatic carbocycles. The van der Waals surface area contributed by atoms with E-state index in [1.807, 2.05) is 6.92 Å². The molecule has 1 atom stereocenters. The summed E-state index contributed by atoms with van der Waals surface area (Å²) in [7, 11) is 0. The summed E-state index contributed by atoms with van der Waals surface area (Å²) in [4.78, 5) is 0. The molecule has 0 aliphatic heterocycles. The van der Waals surface area contributed by atoms with Gasteiger partial charge in [0.2, 0.25) is 0 Å². The second kappa shape index (κ2) is 3.01. The van der Waals surface area contributed by atoms with E-state index in [0.717, 1.165) is 5.56 Å². The molecule has 1 aromatic rings. The SMILES string of the molecule is Cc1cc([C@H](C)N)ccc1F. The molecule has 0 spiro atoms. The van der Waals surface area contributed by atoms with Gasteiger partial charge >= 0.3 is 0 Å². The zero-order valence-corrected chi connectivity index (χ0v) is 6.76. The van der Waals surface area contributed by atoms with Crippen molar-refractivity contribution >= 4 is 0 Å². The van der Waals surface area contributed by atoms with Crippen molar-refractivity contribution in [2.45, 2.75) is 19.9 Å². The molecule has 0 aliphatic rings. The maximum absolute atomic E-state index is 12.7. The number of hydrogen-bond donors (Lipinski definition) is 1. The molecule has 0 saturated carbocycles. The summed E-state index contributed by atoms with van der Waals surface area (Å²) in [6.45, 7) is 3.62. The minimum absolute atomic E-state index is 0.0192. The van der Waals surface area contributed by atoms with Gasteiger partial charge in [0.25, 0.3) is 0 Å². The highest BCUT2D eigenvalue weighted by atomic mass is 19.1.